The Morgan fingerprint density at radius 2 is 2.00 bits per heavy atom. The molecule has 1 amide bonds. The molecule has 2 aliphatic rings. The van der Waals surface area contributed by atoms with Gasteiger partial charge >= 0.3 is 0 Å². The molecule has 7 nitrogen and oxygen atoms in total. The minimum absolute atomic E-state index is 0.00739. The van der Waals surface area contributed by atoms with Gasteiger partial charge in [-0.1, -0.05) is 19.1 Å². The highest BCUT2D eigenvalue weighted by molar-refractivity contribution is 5.82. The summed E-state index contributed by atoms with van der Waals surface area (Å²) in [4.78, 5) is 14.7. The number of nitrogens with zero attached hydrogens (tertiary/aromatic N) is 4. The van der Waals surface area contributed by atoms with E-state index in [2.05, 4.69) is 21.7 Å². The van der Waals surface area contributed by atoms with Crippen molar-refractivity contribution in [1.82, 2.24) is 19.7 Å². The highest BCUT2D eigenvalue weighted by Crippen LogP contribution is 2.32. The molecule has 0 bridgehead atoms. The summed E-state index contributed by atoms with van der Waals surface area (Å²) in [5, 5.41) is 8.37. The zero-order valence-electron chi connectivity index (χ0n) is 15.0. The van der Waals surface area contributed by atoms with Crippen molar-refractivity contribution < 1.29 is 14.3 Å². The second-order valence-electron chi connectivity index (χ2n) is 6.85. The average Bonchev–Trinajstić information content (AvgIpc) is 3.16. The van der Waals surface area contributed by atoms with Gasteiger partial charge in [-0.05, 0) is 31.4 Å². The van der Waals surface area contributed by atoms with Crippen LogP contribution >= 0.6 is 0 Å². The molecular formula is C19H24N4O3. The van der Waals surface area contributed by atoms with Crippen LogP contribution in [0.25, 0.3) is 0 Å². The Morgan fingerprint density at radius 3 is 2.77 bits per heavy atom. The lowest BCUT2D eigenvalue weighted by Gasteiger charge is -2.35. The van der Waals surface area contributed by atoms with E-state index in [0.29, 0.717) is 30.5 Å². The number of carbonyl (C=O) groups is 1. The molecule has 138 valence electrons. The maximum Gasteiger partial charge on any atom is 0.267 e. The third-order valence-corrected chi connectivity index (χ3v) is 5.07. The van der Waals surface area contributed by atoms with E-state index in [4.69, 9.17) is 9.47 Å². The SMILES string of the molecule is CCCn1cnnc1C1CCN(C(=O)[C@H]2COc3ccccc3O2)CC1. The van der Waals surface area contributed by atoms with Gasteiger partial charge in [-0.15, -0.1) is 10.2 Å². The zero-order valence-corrected chi connectivity index (χ0v) is 15.0. The number of para-hydroxylation sites is 2. The number of fused-ring (bicyclic) bond motifs is 1. The Labute approximate surface area is 152 Å². The Hall–Kier alpha value is -2.57. The van der Waals surface area contributed by atoms with Gasteiger partial charge in [-0.2, -0.15) is 0 Å². The van der Waals surface area contributed by atoms with Crippen LogP contribution in [0.3, 0.4) is 0 Å². The maximum absolute atomic E-state index is 12.8. The molecule has 0 unspecified atom stereocenters. The summed E-state index contributed by atoms with van der Waals surface area (Å²) in [5.74, 6) is 2.75. The van der Waals surface area contributed by atoms with Crippen LogP contribution in [0.2, 0.25) is 0 Å². The highest BCUT2D eigenvalue weighted by Gasteiger charge is 2.34. The van der Waals surface area contributed by atoms with E-state index in [1.165, 1.54) is 0 Å². The van der Waals surface area contributed by atoms with Gasteiger partial charge in [0, 0.05) is 25.6 Å². The van der Waals surface area contributed by atoms with Crippen LogP contribution in [0.4, 0.5) is 0 Å². The molecule has 0 N–H and O–H groups in total. The minimum atomic E-state index is -0.565. The second kappa shape index (κ2) is 7.35. The molecule has 1 aromatic heterocycles. The van der Waals surface area contributed by atoms with E-state index in [0.717, 1.165) is 31.6 Å². The van der Waals surface area contributed by atoms with E-state index < -0.39 is 6.10 Å². The van der Waals surface area contributed by atoms with Gasteiger partial charge in [0.05, 0.1) is 0 Å². The van der Waals surface area contributed by atoms with Crippen molar-refractivity contribution in [3.63, 3.8) is 0 Å². The fraction of sp³-hybridized carbons (Fsp3) is 0.526. The molecule has 1 atom stereocenters. The minimum Gasteiger partial charge on any atom is -0.485 e. The number of benzene rings is 1. The van der Waals surface area contributed by atoms with E-state index in [1.807, 2.05) is 29.2 Å². The smallest absolute Gasteiger partial charge is 0.267 e. The van der Waals surface area contributed by atoms with Gasteiger partial charge < -0.3 is 18.9 Å². The van der Waals surface area contributed by atoms with Crippen LogP contribution in [0, 0.1) is 0 Å². The Morgan fingerprint density at radius 1 is 1.23 bits per heavy atom. The molecule has 4 rings (SSSR count). The number of piperidine rings is 1. The Bertz CT molecular complexity index is 768. The Balaban J connectivity index is 1.36. The summed E-state index contributed by atoms with van der Waals surface area (Å²) in [6.45, 7) is 4.78. The summed E-state index contributed by atoms with van der Waals surface area (Å²) in [6.07, 6.45) is 4.10. The van der Waals surface area contributed by atoms with Gasteiger partial charge in [0.25, 0.3) is 5.91 Å². The van der Waals surface area contributed by atoms with Crippen molar-refractivity contribution in [1.29, 1.82) is 0 Å². The van der Waals surface area contributed by atoms with Gasteiger partial charge in [0.2, 0.25) is 6.10 Å². The van der Waals surface area contributed by atoms with Crippen LogP contribution in [-0.2, 0) is 11.3 Å². The number of hydrogen-bond acceptors (Lipinski definition) is 5. The number of carbonyl (C=O) groups excluding carboxylic acids is 1. The molecule has 2 aliphatic heterocycles. The molecular weight excluding hydrogens is 332 g/mol. The van der Waals surface area contributed by atoms with E-state index in [9.17, 15) is 4.79 Å². The number of ether oxygens (including phenoxy) is 2. The fourth-order valence-electron chi connectivity index (χ4n) is 3.70. The molecule has 0 radical (unpaired) electrons. The Kier molecular flexibility index (Phi) is 4.77. The first kappa shape index (κ1) is 16.9. The quantitative estimate of drug-likeness (QED) is 0.840. The van der Waals surface area contributed by atoms with E-state index in [-0.39, 0.29) is 12.5 Å². The monoisotopic (exact) mass is 356 g/mol. The van der Waals surface area contributed by atoms with Crippen LogP contribution in [-0.4, -0.2) is 51.4 Å². The fourth-order valence-corrected chi connectivity index (χ4v) is 3.70. The molecule has 0 saturated carbocycles. The average molecular weight is 356 g/mol. The van der Waals surface area contributed by atoms with E-state index >= 15 is 0 Å². The molecule has 0 aliphatic carbocycles. The number of amides is 1. The molecule has 2 aromatic rings. The standard InChI is InChI=1S/C19H24N4O3/c1-2-9-23-13-20-21-18(23)14-7-10-22(11-8-14)19(24)17-12-25-15-5-3-4-6-16(15)26-17/h3-6,13-14,17H,2,7-12H2,1H3/t17-/m1/s1. The number of likely N-dealkylation sites (tertiary alicyclic amines) is 1. The van der Waals surface area contributed by atoms with Crippen molar-refractivity contribution in [2.24, 2.45) is 0 Å². The largest absolute Gasteiger partial charge is 0.485 e. The first-order chi connectivity index (χ1) is 12.8. The first-order valence-electron chi connectivity index (χ1n) is 9.31. The molecule has 1 aromatic carbocycles. The molecule has 0 spiro atoms. The predicted molar refractivity (Wildman–Crippen MR) is 95.2 cm³/mol. The number of hydrogen-bond donors (Lipinski definition) is 0. The van der Waals surface area contributed by atoms with Crippen LogP contribution in [0.15, 0.2) is 30.6 Å². The van der Waals surface area contributed by atoms with Crippen molar-refractivity contribution in [3.05, 3.63) is 36.4 Å². The van der Waals surface area contributed by atoms with Crippen molar-refractivity contribution >= 4 is 5.91 Å². The molecule has 1 saturated heterocycles. The second-order valence-corrected chi connectivity index (χ2v) is 6.85. The molecule has 1 fully saturated rings. The van der Waals surface area contributed by atoms with Crippen molar-refractivity contribution in [2.75, 3.05) is 19.7 Å². The lowest BCUT2D eigenvalue weighted by atomic mass is 9.95. The lowest BCUT2D eigenvalue weighted by molar-refractivity contribution is -0.142. The van der Waals surface area contributed by atoms with Gasteiger partial charge in [0.15, 0.2) is 11.5 Å². The third-order valence-electron chi connectivity index (χ3n) is 5.07. The van der Waals surface area contributed by atoms with Gasteiger partial charge in [0.1, 0.15) is 18.8 Å². The van der Waals surface area contributed by atoms with E-state index in [1.54, 1.807) is 6.33 Å². The van der Waals surface area contributed by atoms with Crippen molar-refractivity contribution in [3.8, 4) is 11.5 Å². The summed E-state index contributed by atoms with van der Waals surface area (Å²) in [5.41, 5.74) is 0. The third kappa shape index (κ3) is 3.25. The van der Waals surface area contributed by atoms with Crippen LogP contribution in [0.1, 0.15) is 37.9 Å². The molecule has 7 heteroatoms. The number of rotatable bonds is 4. The van der Waals surface area contributed by atoms with Crippen molar-refractivity contribution in [2.45, 2.75) is 44.8 Å². The summed E-state index contributed by atoms with van der Waals surface area (Å²) in [7, 11) is 0. The summed E-state index contributed by atoms with van der Waals surface area (Å²) in [6, 6.07) is 7.47. The first-order valence-corrected chi connectivity index (χ1v) is 9.31. The lowest BCUT2D eigenvalue weighted by Crippen LogP contribution is -2.49. The molecule has 3 heterocycles. The zero-order chi connectivity index (χ0) is 17.9. The maximum atomic E-state index is 12.8. The number of aryl methyl sites for hydroxylation is 1. The highest BCUT2D eigenvalue weighted by atomic mass is 16.6. The normalized spacial score (nSPS) is 20.2. The summed E-state index contributed by atoms with van der Waals surface area (Å²) < 4.78 is 13.7. The van der Waals surface area contributed by atoms with Gasteiger partial charge in [-0.3, -0.25) is 4.79 Å². The van der Waals surface area contributed by atoms with Gasteiger partial charge in [-0.25, -0.2) is 0 Å². The topological polar surface area (TPSA) is 69.5 Å². The van der Waals surface area contributed by atoms with Crippen LogP contribution < -0.4 is 9.47 Å². The van der Waals surface area contributed by atoms with Crippen LogP contribution in [0.5, 0.6) is 11.5 Å². The summed E-state index contributed by atoms with van der Waals surface area (Å²) >= 11 is 0. The predicted octanol–water partition coefficient (Wildman–Crippen LogP) is 2.23. The molecule has 26 heavy (non-hydrogen) atoms. The number of aromatic nitrogens is 3.